The minimum Gasteiger partial charge on any atom is -0.480 e. The molecule has 0 radical (unpaired) electrons. The molecular formula is C16H18N2O3S. The Hall–Kier alpha value is -1.95. The van der Waals surface area contributed by atoms with Gasteiger partial charge in [0.15, 0.2) is 0 Å². The standard InChI is InChI=1S/C16H18N2O3S/c1-8-6-7-17-14-12(8)9(2)13(22-14)15(19)18(11-4-5-11)10(3)16(20)21/h6-7,10-11H,4-5H2,1-3H3,(H,20,21). The van der Waals surface area contributed by atoms with Crippen LogP contribution in [0.15, 0.2) is 12.3 Å². The molecule has 0 bridgehead atoms. The summed E-state index contributed by atoms with van der Waals surface area (Å²) in [7, 11) is 0. The number of aryl methyl sites for hydroxylation is 2. The number of amides is 1. The highest BCUT2D eigenvalue weighted by Gasteiger charge is 2.39. The summed E-state index contributed by atoms with van der Waals surface area (Å²) < 4.78 is 0. The number of nitrogens with zero attached hydrogens (tertiary/aromatic N) is 2. The highest BCUT2D eigenvalue weighted by molar-refractivity contribution is 7.20. The summed E-state index contributed by atoms with van der Waals surface area (Å²) in [6, 6.07) is 1.17. The number of aromatic nitrogens is 1. The zero-order chi connectivity index (χ0) is 16.0. The van der Waals surface area contributed by atoms with Crippen molar-refractivity contribution in [1.82, 2.24) is 9.88 Å². The fourth-order valence-electron chi connectivity index (χ4n) is 2.80. The Morgan fingerprint density at radius 2 is 2.09 bits per heavy atom. The lowest BCUT2D eigenvalue weighted by atomic mass is 10.1. The van der Waals surface area contributed by atoms with Gasteiger partial charge in [-0.1, -0.05) is 0 Å². The highest BCUT2D eigenvalue weighted by atomic mass is 32.1. The van der Waals surface area contributed by atoms with Gasteiger partial charge in [0.25, 0.3) is 5.91 Å². The van der Waals surface area contributed by atoms with Gasteiger partial charge in [-0.2, -0.15) is 0 Å². The van der Waals surface area contributed by atoms with E-state index in [0.29, 0.717) is 4.88 Å². The summed E-state index contributed by atoms with van der Waals surface area (Å²) in [6.07, 6.45) is 3.50. The molecule has 1 fully saturated rings. The second kappa shape index (κ2) is 5.35. The summed E-state index contributed by atoms with van der Waals surface area (Å²) in [4.78, 5) is 31.5. The number of hydrogen-bond acceptors (Lipinski definition) is 4. The maximum Gasteiger partial charge on any atom is 0.326 e. The lowest BCUT2D eigenvalue weighted by molar-refractivity contribution is -0.141. The zero-order valence-electron chi connectivity index (χ0n) is 12.8. The molecule has 0 spiro atoms. The van der Waals surface area contributed by atoms with Crippen LogP contribution in [-0.4, -0.2) is 39.0 Å². The fraction of sp³-hybridized carbons (Fsp3) is 0.438. The van der Waals surface area contributed by atoms with Crippen molar-refractivity contribution in [2.24, 2.45) is 0 Å². The van der Waals surface area contributed by atoms with E-state index in [-0.39, 0.29) is 11.9 Å². The topological polar surface area (TPSA) is 70.5 Å². The third-order valence-electron chi connectivity index (χ3n) is 4.18. The van der Waals surface area contributed by atoms with Crippen LogP contribution < -0.4 is 0 Å². The predicted molar refractivity (Wildman–Crippen MR) is 85.4 cm³/mol. The van der Waals surface area contributed by atoms with E-state index in [4.69, 9.17) is 0 Å². The van der Waals surface area contributed by atoms with Crippen LogP contribution in [0.2, 0.25) is 0 Å². The van der Waals surface area contributed by atoms with Crippen molar-refractivity contribution in [1.29, 1.82) is 0 Å². The molecule has 1 N–H and O–H groups in total. The van der Waals surface area contributed by atoms with Crippen LogP contribution >= 0.6 is 11.3 Å². The van der Waals surface area contributed by atoms with Crippen LogP contribution in [0.1, 0.15) is 40.6 Å². The van der Waals surface area contributed by atoms with E-state index < -0.39 is 12.0 Å². The summed E-state index contributed by atoms with van der Waals surface area (Å²) in [5.41, 5.74) is 1.99. The van der Waals surface area contributed by atoms with E-state index in [1.807, 2.05) is 19.9 Å². The SMILES string of the molecule is Cc1ccnc2sc(C(=O)N(C3CC3)C(C)C(=O)O)c(C)c12. The van der Waals surface area contributed by atoms with Crippen molar-refractivity contribution in [2.75, 3.05) is 0 Å². The molecule has 1 amide bonds. The van der Waals surface area contributed by atoms with Crippen molar-refractivity contribution < 1.29 is 14.7 Å². The number of aliphatic carboxylic acids is 1. The molecule has 5 nitrogen and oxygen atoms in total. The van der Waals surface area contributed by atoms with E-state index >= 15 is 0 Å². The number of carbonyl (C=O) groups is 2. The minimum absolute atomic E-state index is 0.0530. The molecule has 116 valence electrons. The van der Waals surface area contributed by atoms with Gasteiger partial charge >= 0.3 is 5.97 Å². The van der Waals surface area contributed by atoms with Crippen molar-refractivity contribution in [3.63, 3.8) is 0 Å². The first kappa shape index (κ1) is 15.0. The first-order valence-corrected chi connectivity index (χ1v) is 8.13. The van der Waals surface area contributed by atoms with Crippen LogP contribution in [0.5, 0.6) is 0 Å². The molecule has 2 aromatic heterocycles. The fourth-order valence-corrected chi connectivity index (χ4v) is 3.98. The number of carboxylic acid groups (broad SMARTS) is 1. The molecule has 1 atom stereocenters. The third kappa shape index (κ3) is 2.37. The molecule has 0 aromatic carbocycles. The van der Waals surface area contributed by atoms with Crippen LogP contribution in [-0.2, 0) is 4.79 Å². The third-order valence-corrected chi connectivity index (χ3v) is 5.37. The smallest absolute Gasteiger partial charge is 0.326 e. The molecule has 3 rings (SSSR count). The molecule has 0 saturated heterocycles. The van der Waals surface area contributed by atoms with Gasteiger partial charge in [0.2, 0.25) is 0 Å². The number of fused-ring (bicyclic) bond motifs is 1. The maximum absolute atomic E-state index is 12.9. The van der Waals surface area contributed by atoms with Crippen molar-refractivity contribution in [3.05, 3.63) is 28.3 Å². The Kier molecular flexibility index (Phi) is 3.64. The second-order valence-corrected chi connectivity index (χ2v) is 6.82. The molecule has 1 unspecified atom stereocenters. The number of thiophene rings is 1. The summed E-state index contributed by atoms with van der Waals surface area (Å²) >= 11 is 1.35. The van der Waals surface area contributed by atoms with E-state index in [2.05, 4.69) is 4.98 Å². The van der Waals surface area contributed by atoms with Crippen molar-refractivity contribution in [2.45, 2.75) is 45.7 Å². The average molecular weight is 318 g/mol. The van der Waals surface area contributed by atoms with Gasteiger partial charge in [0.1, 0.15) is 10.9 Å². The second-order valence-electron chi connectivity index (χ2n) is 5.82. The Morgan fingerprint density at radius 1 is 1.41 bits per heavy atom. The number of carbonyl (C=O) groups excluding carboxylic acids is 1. The Morgan fingerprint density at radius 3 is 2.64 bits per heavy atom. The molecule has 2 heterocycles. The molecule has 1 aliphatic rings. The largest absolute Gasteiger partial charge is 0.480 e. The van der Waals surface area contributed by atoms with E-state index in [0.717, 1.165) is 34.2 Å². The first-order valence-electron chi connectivity index (χ1n) is 7.32. The van der Waals surface area contributed by atoms with Gasteiger partial charge in [0, 0.05) is 17.6 Å². The van der Waals surface area contributed by atoms with Crippen LogP contribution in [0.25, 0.3) is 10.2 Å². The monoisotopic (exact) mass is 318 g/mol. The Balaban J connectivity index is 2.06. The van der Waals surface area contributed by atoms with Gasteiger partial charge in [-0.05, 0) is 50.8 Å². The van der Waals surface area contributed by atoms with E-state index in [1.165, 1.54) is 16.2 Å². The normalized spacial score (nSPS) is 15.8. The molecule has 6 heteroatoms. The molecular weight excluding hydrogens is 300 g/mol. The van der Waals surface area contributed by atoms with Gasteiger partial charge in [0.05, 0.1) is 4.88 Å². The van der Waals surface area contributed by atoms with Gasteiger partial charge in [-0.3, -0.25) is 4.79 Å². The molecule has 1 aliphatic carbocycles. The number of pyridine rings is 1. The van der Waals surface area contributed by atoms with Gasteiger partial charge in [-0.25, -0.2) is 9.78 Å². The molecule has 1 saturated carbocycles. The van der Waals surface area contributed by atoms with Crippen LogP contribution in [0, 0.1) is 13.8 Å². The molecule has 0 aliphatic heterocycles. The quantitative estimate of drug-likeness (QED) is 0.941. The predicted octanol–water partition coefficient (Wildman–Crippen LogP) is 2.99. The molecule has 2 aromatic rings. The Bertz CT molecular complexity index is 764. The zero-order valence-corrected chi connectivity index (χ0v) is 13.6. The number of hydrogen-bond donors (Lipinski definition) is 1. The summed E-state index contributed by atoms with van der Waals surface area (Å²) in [6.45, 7) is 5.48. The lowest BCUT2D eigenvalue weighted by Crippen LogP contribution is -2.44. The minimum atomic E-state index is -0.965. The molecule has 22 heavy (non-hydrogen) atoms. The summed E-state index contributed by atoms with van der Waals surface area (Å²) in [5.74, 6) is -1.15. The first-order chi connectivity index (χ1) is 10.4. The van der Waals surface area contributed by atoms with E-state index in [9.17, 15) is 14.7 Å². The van der Waals surface area contributed by atoms with E-state index in [1.54, 1.807) is 13.1 Å². The number of rotatable bonds is 4. The maximum atomic E-state index is 12.9. The summed E-state index contributed by atoms with van der Waals surface area (Å²) in [5, 5.41) is 10.3. The Labute approximate surface area is 132 Å². The highest BCUT2D eigenvalue weighted by Crippen LogP contribution is 2.36. The lowest BCUT2D eigenvalue weighted by Gasteiger charge is -2.26. The van der Waals surface area contributed by atoms with Crippen molar-refractivity contribution in [3.8, 4) is 0 Å². The van der Waals surface area contributed by atoms with Gasteiger partial charge in [-0.15, -0.1) is 11.3 Å². The van der Waals surface area contributed by atoms with Crippen LogP contribution in [0.3, 0.4) is 0 Å². The number of carboxylic acids is 1. The van der Waals surface area contributed by atoms with Gasteiger partial charge < -0.3 is 10.0 Å². The average Bonchev–Trinajstić information content (AvgIpc) is 3.23. The van der Waals surface area contributed by atoms with Crippen molar-refractivity contribution >= 4 is 33.4 Å². The van der Waals surface area contributed by atoms with Crippen LogP contribution in [0.4, 0.5) is 0 Å².